The fourth-order valence-corrected chi connectivity index (χ4v) is 20.6. The van der Waals surface area contributed by atoms with E-state index >= 15 is 0 Å². The van der Waals surface area contributed by atoms with Crippen molar-refractivity contribution in [2.45, 2.75) is 37.6 Å². The molecule has 0 saturated heterocycles. The van der Waals surface area contributed by atoms with Gasteiger partial charge in [0, 0.05) is 106 Å². The van der Waals surface area contributed by atoms with Gasteiger partial charge in [0.15, 0.2) is 0 Å². The number of halogens is 12. The topological polar surface area (TPSA) is 188 Å². The molecule has 7 N–H and O–H groups in total. The summed E-state index contributed by atoms with van der Waals surface area (Å²) in [5.74, 6) is -13.9. The van der Waals surface area contributed by atoms with Crippen molar-refractivity contribution >= 4 is 288 Å². The Bertz CT molecular complexity index is 7650. The van der Waals surface area contributed by atoms with Crippen molar-refractivity contribution in [3.63, 3.8) is 0 Å². The average Bonchev–Trinajstić information content (AvgIpc) is 1.72. The molecule has 131 heavy (non-hydrogen) atoms. The molecule has 0 saturated carbocycles. The molecule has 0 bridgehead atoms. The number of aryl methyl sites for hydroxylation is 1. The quantitative estimate of drug-likeness (QED) is 0.0239. The van der Waals surface area contributed by atoms with E-state index in [-0.39, 0.29) is 7.43 Å². The summed E-state index contributed by atoms with van der Waals surface area (Å²) in [6.45, 7) is 2.22. The van der Waals surface area contributed by atoms with Gasteiger partial charge in [0.2, 0.25) is 0 Å². The Morgan fingerprint density at radius 3 is 1.10 bits per heavy atom. The van der Waals surface area contributed by atoms with E-state index in [1.807, 2.05) is 133 Å². The summed E-state index contributed by atoms with van der Waals surface area (Å²) in [5.41, 5.74) is 6.96. The summed E-state index contributed by atoms with van der Waals surface area (Å²) in [4.78, 5) is 0. The Balaban J connectivity index is 0.000000138. The molecule has 5 heterocycles. The molecule has 0 aliphatic heterocycles. The van der Waals surface area contributed by atoms with E-state index in [1.165, 1.54) is 120 Å². The molecule has 2 radical (unpaired) electrons. The third kappa shape index (κ3) is 22.3. The monoisotopic (exact) mass is 2000 g/mol. The zero-order chi connectivity index (χ0) is 93.2. The molecule has 0 aliphatic rings. The van der Waals surface area contributed by atoms with Gasteiger partial charge in [-0.25, -0.2) is 0 Å². The van der Waals surface area contributed by atoms with Crippen molar-refractivity contribution < 1.29 is 91.5 Å². The summed E-state index contributed by atoms with van der Waals surface area (Å²) in [7, 11) is -5.41. The zero-order valence-corrected chi connectivity index (χ0v) is 76.2. The third-order valence-corrected chi connectivity index (χ3v) is 27.9. The Hall–Kier alpha value is -10.8. The molecule has 660 valence electrons. The number of nitrogens with zero attached hydrogens (tertiary/aromatic N) is 1. The van der Waals surface area contributed by atoms with E-state index in [9.17, 15) is 71.5 Å². The second kappa shape index (κ2) is 42.8. The number of benzene rings is 16. The molecule has 10 nitrogen and oxygen atoms in total. The van der Waals surface area contributed by atoms with E-state index in [0.717, 1.165) is 45.2 Å². The number of phenols is 3. The summed E-state index contributed by atoms with van der Waals surface area (Å²) in [5, 5.41) is 78.0. The van der Waals surface area contributed by atoms with Crippen LogP contribution in [0, 0.1) is 6.92 Å². The Morgan fingerprint density at radius 1 is 0.389 bits per heavy atom. The summed E-state index contributed by atoms with van der Waals surface area (Å²) >= 11 is 19.3. The zero-order valence-electron chi connectivity index (χ0n) is 67.1. The Kier molecular flexibility index (Phi) is 32.5. The van der Waals surface area contributed by atoms with Gasteiger partial charge in [-0.15, -0.1) is 56.7 Å². The van der Waals surface area contributed by atoms with Crippen LogP contribution in [-0.2, 0) is 22.0 Å². The van der Waals surface area contributed by atoms with Gasteiger partial charge in [-0.1, -0.05) is 242 Å². The maximum atomic E-state index is 12.1. The number of alkyl halides is 9. The molecule has 0 fully saturated rings. The van der Waals surface area contributed by atoms with Crippen LogP contribution in [0.5, 0.6) is 17.2 Å². The van der Waals surface area contributed by atoms with Crippen LogP contribution in [0.2, 0.25) is 0 Å². The molecule has 0 atom stereocenters. The Labute approximate surface area is 785 Å². The van der Waals surface area contributed by atoms with E-state index in [1.54, 1.807) is 69.6 Å². The first kappa shape index (κ1) is 99.2. The summed E-state index contributed by atoms with van der Waals surface area (Å²) in [6, 6.07) is 109. The van der Waals surface area contributed by atoms with Crippen LogP contribution in [0.1, 0.15) is 13.0 Å². The number of rotatable bonds is 8. The molecule has 0 spiro atoms. The third-order valence-electron chi connectivity index (χ3n) is 20.4. The average molecular weight is 2000 g/mol. The van der Waals surface area contributed by atoms with Gasteiger partial charge in [0.1, 0.15) is 17.2 Å². The predicted octanol–water partition coefficient (Wildman–Crippen LogP) is 28.7. The standard InChI is InChI=1S/C23H16S.C22H14OS.C12H9BO2S.C12H7BrOS.C12H8OS.C10H9BO2.C4F10O2S.CH4.BFPS.BHNS/c1-15-12-23-21(19-8-4-5-9-22(19)24-23)14-20(15)18-11-10-16-6-2-3-7-17(16)13-18;23-20-13-22-19(17-7-3-4-8-21(17)24-22)12-18(20)16-10-9-14-5-1-2-6-15(14)11-16;14-13(15)8-5-6-10-9-3-1-2-4-11(9)16-12(10)7-8;13-9-5-8-7-3-1-2-4-11(7)15-12(8)6-10(9)14;13-8-5-6-10-9-3-1-2-4-11(9)14-12(10)7-8;12-11(13)10-6-5-8-3-1-2-4-9(8)7-10;5-1(6,3(9,10)11)2(7,8)4(12,13)17(14,15)16;;2-1-3-4;1-2-3/h2-14H,1H3;1-13,23H;1-7,14-15H;1-6,14H;1-7,13H;1-7,12-13H;;1H4;;3H. The Morgan fingerprint density at radius 2 is 0.695 bits per heavy atom. The molecule has 21 aromatic rings. The fourth-order valence-electron chi connectivity index (χ4n) is 14.1. The second-order valence-corrected chi connectivity index (χ2v) is 37.6. The maximum absolute atomic E-state index is 12.1. The van der Waals surface area contributed by atoms with Crippen molar-refractivity contribution in [3.8, 4) is 39.5 Å². The molecule has 35 heteroatoms. The van der Waals surface area contributed by atoms with Crippen LogP contribution in [0.4, 0.5) is 47.7 Å². The van der Waals surface area contributed by atoms with E-state index in [0.29, 0.717) is 42.7 Å². The molecule has 16 aromatic carbocycles. The minimum absolute atomic E-state index is 0. The minimum atomic E-state index is -7.67. The van der Waals surface area contributed by atoms with Crippen molar-refractivity contribution in [1.82, 2.24) is 0 Å². The van der Waals surface area contributed by atoms with E-state index < -0.39 is 47.7 Å². The normalized spacial score (nSPS) is 11.5. The van der Waals surface area contributed by atoms with Gasteiger partial charge in [-0.3, -0.25) is 0 Å². The number of phenolic OH excluding ortho intramolecular Hbond substituents is 3. The number of aromatic hydroxyl groups is 3. The predicted molar refractivity (Wildman–Crippen MR) is 540 cm³/mol. The summed E-state index contributed by atoms with van der Waals surface area (Å²) in [6.07, 6.45) is -7.19. The van der Waals surface area contributed by atoms with Gasteiger partial charge in [-0.05, 0) is 199 Å². The molecule has 5 aromatic heterocycles. The number of fused-ring (bicyclic) bond motifs is 18. The van der Waals surface area contributed by atoms with Gasteiger partial charge in [0.25, 0.3) is 0 Å². The van der Waals surface area contributed by atoms with Crippen molar-refractivity contribution in [2.24, 2.45) is 4.30 Å². The molecular formula is C96H68B4BrF11NO9PS8. The number of thiol groups is 1. The van der Waals surface area contributed by atoms with Crippen LogP contribution < -0.4 is 10.9 Å². The first-order chi connectivity index (χ1) is 62.0. The first-order valence-electron chi connectivity index (χ1n) is 38.5. The summed E-state index contributed by atoms with van der Waals surface area (Å²) < 4.78 is 163. The van der Waals surface area contributed by atoms with Gasteiger partial charge >= 0.3 is 79.8 Å². The number of hydrogen-bond acceptors (Lipinski definition) is 17. The number of hydrogen-bond donors (Lipinski definition) is 8. The van der Waals surface area contributed by atoms with Crippen molar-refractivity contribution in [1.29, 1.82) is 0 Å². The number of thiophene rings is 5. The van der Waals surface area contributed by atoms with Gasteiger partial charge in [0.05, 0.1) is 4.47 Å². The van der Waals surface area contributed by atoms with E-state index in [2.05, 4.69) is 235 Å². The van der Waals surface area contributed by atoms with Crippen molar-refractivity contribution in [2.75, 3.05) is 0 Å². The van der Waals surface area contributed by atoms with Crippen LogP contribution >= 0.6 is 92.7 Å². The molecule has 0 aliphatic carbocycles. The van der Waals surface area contributed by atoms with Gasteiger partial charge in [-0.2, -0.15) is 47.9 Å². The van der Waals surface area contributed by atoms with Crippen LogP contribution in [-0.4, -0.2) is 96.3 Å². The van der Waals surface area contributed by atoms with Crippen LogP contribution in [0.3, 0.4) is 0 Å². The van der Waals surface area contributed by atoms with Crippen LogP contribution in [0.15, 0.2) is 330 Å². The second-order valence-electron chi connectivity index (χ2n) is 28.7. The molecule has 0 unspecified atom stereocenters. The SMILES string of the molecule is C.Cc1cc2sc3ccccc3c2cc1-c1ccc2ccccc2c1.F[B]P=S.O=S(=O)(F)C(F)(F)C(F)(F)C(F)(F)C(F)(F)F.OB(O)c1ccc2c(c1)sc1ccccc12.OB(O)c1ccc2ccccc2c1.Oc1cc2sc3ccccc3c2cc1-c1ccc2ccccc2c1.Oc1cc2sc3ccccc3c2cc1Br.Oc1ccc2c(c1)sc1ccccc12.[B]=NS. The first-order valence-corrected chi connectivity index (χ1v) is 47.2. The van der Waals surface area contributed by atoms with E-state index in [4.69, 9.17) is 20.1 Å². The van der Waals surface area contributed by atoms with Crippen LogP contribution in [0.25, 0.3) is 155 Å². The molecular weight excluding hydrogens is 1930 g/mol. The fraction of sp³-hybridized carbons (Fsp3) is 0.0625. The molecule has 0 amide bonds. The van der Waals surface area contributed by atoms with Crippen molar-refractivity contribution in [3.05, 3.63) is 332 Å². The van der Waals surface area contributed by atoms with Gasteiger partial charge < -0.3 is 39.7 Å². The molecule has 21 rings (SSSR count).